The molecule has 9 heteroatoms. The van der Waals surface area contributed by atoms with Crippen molar-refractivity contribution in [3.63, 3.8) is 0 Å². The fraction of sp³-hybridized carbons (Fsp3) is 0.100. The van der Waals surface area contributed by atoms with Gasteiger partial charge in [-0.3, -0.25) is 5.43 Å². The Bertz CT molecular complexity index is 572. The summed E-state index contributed by atoms with van der Waals surface area (Å²) >= 11 is 5.91. The van der Waals surface area contributed by atoms with Gasteiger partial charge in [0.05, 0.1) is 11.3 Å². The van der Waals surface area contributed by atoms with Gasteiger partial charge in [-0.05, 0) is 44.0 Å². The molecule has 0 radical (unpaired) electrons. The Balaban J connectivity index is 3.17. The average molecular weight is 396 g/mol. The van der Waals surface area contributed by atoms with E-state index in [-0.39, 0.29) is 14.6 Å². The Kier molecular flexibility index (Phi) is 4.92. The van der Waals surface area contributed by atoms with E-state index < -0.39 is 17.5 Å². The van der Waals surface area contributed by atoms with Crippen LogP contribution in [0, 0.1) is 22.7 Å². The number of hydrogen-bond acceptors (Lipinski definition) is 4. The van der Waals surface area contributed by atoms with Crippen molar-refractivity contribution in [3.8, 4) is 12.1 Å². The first-order valence-electron chi connectivity index (χ1n) is 4.49. The fourth-order valence-corrected chi connectivity index (χ4v) is 2.39. The van der Waals surface area contributed by atoms with E-state index in [0.717, 1.165) is 12.1 Å². The Hall–Kier alpha value is -1.58. The van der Waals surface area contributed by atoms with E-state index in [4.69, 9.17) is 10.5 Å². The molecule has 19 heavy (non-hydrogen) atoms. The lowest BCUT2D eigenvalue weighted by Crippen LogP contribution is -2.06. The fourth-order valence-electron chi connectivity index (χ4n) is 1.03. The summed E-state index contributed by atoms with van der Waals surface area (Å²) in [6, 6.07) is 4.75. The molecule has 0 atom stereocenters. The molecule has 0 aromatic heterocycles. The molecule has 0 fully saturated rings. The van der Waals surface area contributed by atoms with E-state index in [0.29, 0.717) is 0 Å². The monoisotopic (exact) mass is 394 g/mol. The predicted octanol–water partition coefficient (Wildman–Crippen LogP) is 4.05. The van der Waals surface area contributed by atoms with Gasteiger partial charge in [0, 0.05) is 8.95 Å². The number of benzene rings is 1. The third kappa shape index (κ3) is 3.94. The second kappa shape index (κ2) is 6.04. The third-order valence-corrected chi connectivity index (χ3v) is 3.11. The van der Waals surface area contributed by atoms with Crippen LogP contribution in [-0.4, -0.2) is 5.71 Å². The molecular weight excluding hydrogens is 393 g/mol. The smallest absolute Gasteiger partial charge is 0.274 e. The number of anilines is 1. The number of alkyl halides is 3. The number of hydrogen-bond donors (Lipinski definition) is 1. The molecule has 0 saturated carbocycles. The summed E-state index contributed by atoms with van der Waals surface area (Å²) in [4.78, 5) is 0. The SMILES string of the molecule is N#CC(C#N)=NNc1c(Br)cc(C(F)(F)F)cc1Br. The van der Waals surface area contributed by atoms with Crippen molar-refractivity contribution in [3.05, 3.63) is 26.6 Å². The molecular formula is C10H3Br2F3N4. The minimum absolute atomic E-state index is 0.0909. The minimum Gasteiger partial charge on any atom is -0.274 e. The van der Waals surface area contributed by atoms with Crippen LogP contribution in [-0.2, 0) is 6.18 Å². The van der Waals surface area contributed by atoms with Crippen LogP contribution in [0.3, 0.4) is 0 Å². The summed E-state index contributed by atoms with van der Waals surface area (Å²) in [5.41, 5.74) is 1.23. The lowest BCUT2D eigenvalue weighted by Gasteiger charge is -2.11. The maximum atomic E-state index is 12.5. The molecule has 1 aromatic carbocycles. The largest absolute Gasteiger partial charge is 0.416 e. The molecule has 0 aliphatic heterocycles. The van der Waals surface area contributed by atoms with Gasteiger partial charge in [-0.2, -0.15) is 28.8 Å². The van der Waals surface area contributed by atoms with E-state index >= 15 is 0 Å². The molecule has 0 unspecified atom stereocenters. The van der Waals surface area contributed by atoms with E-state index in [1.165, 1.54) is 12.1 Å². The van der Waals surface area contributed by atoms with E-state index in [1.54, 1.807) is 0 Å². The average Bonchev–Trinajstić information content (AvgIpc) is 2.31. The highest BCUT2D eigenvalue weighted by Gasteiger charge is 2.31. The summed E-state index contributed by atoms with van der Waals surface area (Å²) in [7, 11) is 0. The first-order chi connectivity index (χ1) is 8.79. The topological polar surface area (TPSA) is 72.0 Å². The number of nitrogens with one attached hydrogen (secondary N) is 1. The third-order valence-electron chi connectivity index (χ3n) is 1.86. The Morgan fingerprint density at radius 2 is 1.63 bits per heavy atom. The van der Waals surface area contributed by atoms with Crippen LogP contribution in [0.1, 0.15) is 5.56 Å². The number of nitriles is 2. The van der Waals surface area contributed by atoms with Crippen LogP contribution in [0.2, 0.25) is 0 Å². The number of halogens is 5. The second-order valence-corrected chi connectivity index (χ2v) is 4.82. The Labute approximate surface area is 122 Å². The van der Waals surface area contributed by atoms with Gasteiger partial charge in [0.15, 0.2) is 0 Å². The highest BCUT2D eigenvalue weighted by molar-refractivity contribution is 9.11. The van der Waals surface area contributed by atoms with Crippen molar-refractivity contribution >= 4 is 43.3 Å². The van der Waals surface area contributed by atoms with Gasteiger partial charge in [0.1, 0.15) is 12.1 Å². The van der Waals surface area contributed by atoms with Crippen LogP contribution in [0.25, 0.3) is 0 Å². The molecule has 0 amide bonds. The first kappa shape index (κ1) is 15.5. The van der Waals surface area contributed by atoms with Gasteiger partial charge in [-0.1, -0.05) is 0 Å². The van der Waals surface area contributed by atoms with Crippen LogP contribution in [0.5, 0.6) is 0 Å². The quantitative estimate of drug-likeness (QED) is 0.606. The van der Waals surface area contributed by atoms with Gasteiger partial charge < -0.3 is 0 Å². The van der Waals surface area contributed by atoms with Crippen LogP contribution in [0.4, 0.5) is 18.9 Å². The molecule has 4 nitrogen and oxygen atoms in total. The lowest BCUT2D eigenvalue weighted by molar-refractivity contribution is -0.137. The molecule has 1 N–H and O–H groups in total. The zero-order chi connectivity index (χ0) is 14.6. The Morgan fingerprint density at radius 1 is 1.16 bits per heavy atom. The molecule has 0 spiro atoms. The predicted molar refractivity (Wildman–Crippen MR) is 69.1 cm³/mol. The molecule has 1 rings (SSSR count). The second-order valence-electron chi connectivity index (χ2n) is 3.11. The van der Waals surface area contributed by atoms with Crippen LogP contribution < -0.4 is 5.43 Å². The molecule has 0 bridgehead atoms. The van der Waals surface area contributed by atoms with Crippen molar-refractivity contribution in [1.29, 1.82) is 10.5 Å². The van der Waals surface area contributed by atoms with Gasteiger partial charge in [-0.15, -0.1) is 0 Å². The normalized spacial score (nSPS) is 10.3. The maximum Gasteiger partial charge on any atom is 0.416 e. The summed E-state index contributed by atoms with van der Waals surface area (Å²) in [6.07, 6.45) is -4.47. The first-order valence-corrected chi connectivity index (χ1v) is 6.08. The highest BCUT2D eigenvalue weighted by Crippen LogP contribution is 2.38. The van der Waals surface area contributed by atoms with Crippen LogP contribution in [0.15, 0.2) is 26.2 Å². The summed E-state index contributed by atoms with van der Waals surface area (Å²) < 4.78 is 37.8. The van der Waals surface area contributed by atoms with Crippen molar-refractivity contribution in [2.45, 2.75) is 6.18 Å². The molecule has 1 aromatic rings. The van der Waals surface area contributed by atoms with Gasteiger partial charge >= 0.3 is 6.18 Å². The number of rotatable bonds is 2. The van der Waals surface area contributed by atoms with Crippen LogP contribution >= 0.6 is 31.9 Å². The standard InChI is InChI=1S/C10H3Br2F3N4/c11-7-1-5(10(13,14)15)2-8(12)9(7)19-18-6(3-16)4-17/h1-2,19H. The van der Waals surface area contributed by atoms with Crippen molar-refractivity contribution in [2.24, 2.45) is 5.10 Å². The minimum atomic E-state index is -4.47. The summed E-state index contributed by atoms with van der Waals surface area (Å²) in [5.74, 6) is 0. The zero-order valence-electron chi connectivity index (χ0n) is 8.89. The lowest BCUT2D eigenvalue weighted by atomic mass is 10.2. The van der Waals surface area contributed by atoms with E-state index in [2.05, 4.69) is 42.4 Å². The van der Waals surface area contributed by atoms with Crippen molar-refractivity contribution < 1.29 is 13.2 Å². The zero-order valence-corrected chi connectivity index (χ0v) is 12.1. The molecule has 0 aliphatic rings. The molecule has 0 saturated heterocycles. The molecule has 0 heterocycles. The molecule has 98 valence electrons. The van der Waals surface area contributed by atoms with Crippen molar-refractivity contribution in [2.75, 3.05) is 5.43 Å². The summed E-state index contributed by atoms with van der Waals surface area (Å²) in [5, 5.41) is 20.4. The Morgan fingerprint density at radius 3 is 2.00 bits per heavy atom. The van der Waals surface area contributed by atoms with E-state index in [1.807, 2.05) is 0 Å². The number of hydrazone groups is 1. The van der Waals surface area contributed by atoms with Gasteiger partial charge in [-0.25, -0.2) is 0 Å². The van der Waals surface area contributed by atoms with Gasteiger partial charge in [0.25, 0.3) is 0 Å². The highest BCUT2D eigenvalue weighted by atomic mass is 79.9. The van der Waals surface area contributed by atoms with E-state index in [9.17, 15) is 13.2 Å². The summed E-state index contributed by atoms with van der Waals surface area (Å²) in [6.45, 7) is 0. The maximum absolute atomic E-state index is 12.5. The van der Waals surface area contributed by atoms with Gasteiger partial charge in [0.2, 0.25) is 5.71 Å². The molecule has 0 aliphatic carbocycles. The van der Waals surface area contributed by atoms with Crippen molar-refractivity contribution in [1.82, 2.24) is 0 Å². The number of nitrogens with zero attached hydrogens (tertiary/aromatic N) is 3.